The molecule has 2 heterocycles. The van der Waals surface area contributed by atoms with Crippen LogP contribution in [0.5, 0.6) is 11.5 Å². The molecule has 2 aliphatic rings. The molecule has 3 aromatic carbocycles. The molecule has 0 N–H and O–H groups in total. The number of imide groups is 1. The summed E-state index contributed by atoms with van der Waals surface area (Å²) in [6.45, 7) is 1.78. The number of rotatable bonds is 6. The number of amides is 3. The second-order valence-corrected chi connectivity index (χ2v) is 8.84. The number of benzene rings is 3. The molecular formula is C28H26FN3O5. The summed E-state index contributed by atoms with van der Waals surface area (Å²) in [4.78, 5) is 44.6. The Hall–Kier alpha value is -4.40. The van der Waals surface area contributed by atoms with Crippen molar-refractivity contribution in [3.8, 4) is 11.5 Å². The Morgan fingerprint density at radius 1 is 0.865 bits per heavy atom. The topological polar surface area (TPSA) is 79.4 Å². The molecule has 8 nitrogen and oxygen atoms in total. The van der Waals surface area contributed by atoms with Gasteiger partial charge in [0.05, 0.1) is 37.6 Å². The van der Waals surface area contributed by atoms with Gasteiger partial charge in [0.25, 0.3) is 17.7 Å². The summed E-state index contributed by atoms with van der Waals surface area (Å²) in [5.74, 6) is -0.543. The van der Waals surface area contributed by atoms with Crippen LogP contribution in [0.25, 0.3) is 0 Å². The van der Waals surface area contributed by atoms with Crippen LogP contribution in [0, 0.1) is 5.82 Å². The average molecular weight is 504 g/mol. The van der Waals surface area contributed by atoms with E-state index in [1.54, 1.807) is 47.4 Å². The van der Waals surface area contributed by atoms with E-state index in [-0.39, 0.29) is 12.5 Å². The number of carbonyl (C=O) groups is 3. The molecule has 9 heteroatoms. The van der Waals surface area contributed by atoms with Crippen molar-refractivity contribution in [1.82, 2.24) is 9.80 Å². The van der Waals surface area contributed by atoms with E-state index in [0.717, 1.165) is 4.90 Å². The first-order valence-electron chi connectivity index (χ1n) is 11.9. The van der Waals surface area contributed by atoms with Crippen LogP contribution in [0.2, 0.25) is 0 Å². The van der Waals surface area contributed by atoms with Gasteiger partial charge >= 0.3 is 0 Å². The predicted octanol–water partition coefficient (Wildman–Crippen LogP) is 3.60. The Labute approximate surface area is 213 Å². The fourth-order valence-electron chi connectivity index (χ4n) is 4.91. The smallest absolute Gasteiger partial charge is 0.263 e. The van der Waals surface area contributed by atoms with Crippen LogP contribution in [0.1, 0.15) is 36.6 Å². The molecule has 0 radical (unpaired) electrons. The molecule has 190 valence electrons. The Kier molecular flexibility index (Phi) is 6.52. The minimum atomic E-state index is -0.423. The molecule has 2 aliphatic heterocycles. The number of carbonyl (C=O) groups excluding carboxylic acids is 3. The molecule has 3 aromatic rings. The van der Waals surface area contributed by atoms with Crippen molar-refractivity contribution >= 4 is 23.4 Å². The Balaban J connectivity index is 1.34. The van der Waals surface area contributed by atoms with E-state index in [0.29, 0.717) is 65.6 Å². The maximum atomic E-state index is 13.6. The first-order valence-corrected chi connectivity index (χ1v) is 11.9. The third-order valence-electron chi connectivity index (χ3n) is 6.76. The molecule has 0 bridgehead atoms. The molecule has 3 amide bonds. The van der Waals surface area contributed by atoms with Crippen LogP contribution in [0.4, 0.5) is 10.1 Å². The largest absolute Gasteiger partial charge is 0.496 e. The second kappa shape index (κ2) is 9.93. The van der Waals surface area contributed by atoms with Gasteiger partial charge in [-0.25, -0.2) is 4.39 Å². The number of methoxy groups -OCH3 is 2. The third kappa shape index (κ3) is 4.37. The number of hydrogen-bond acceptors (Lipinski definition) is 6. The number of nitrogens with zero attached hydrogens (tertiary/aromatic N) is 3. The van der Waals surface area contributed by atoms with Crippen molar-refractivity contribution in [3.63, 3.8) is 0 Å². The van der Waals surface area contributed by atoms with Gasteiger partial charge in [0, 0.05) is 26.2 Å². The molecule has 0 atom stereocenters. The van der Waals surface area contributed by atoms with Crippen LogP contribution < -0.4 is 14.4 Å². The monoisotopic (exact) mass is 503 g/mol. The van der Waals surface area contributed by atoms with Crippen molar-refractivity contribution in [2.75, 3.05) is 45.3 Å². The van der Waals surface area contributed by atoms with Gasteiger partial charge in [-0.1, -0.05) is 24.3 Å². The number of anilines is 1. The highest BCUT2D eigenvalue weighted by Crippen LogP contribution is 2.34. The zero-order valence-electron chi connectivity index (χ0n) is 20.6. The number of ether oxygens (including phenoxy) is 2. The van der Waals surface area contributed by atoms with E-state index in [1.807, 2.05) is 11.0 Å². The highest BCUT2D eigenvalue weighted by Gasteiger charge is 2.39. The molecular weight excluding hydrogens is 477 g/mol. The van der Waals surface area contributed by atoms with E-state index < -0.39 is 17.6 Å². The highest BCUT2D eigenvalue weighted by molar-refractivity contribution is 6.23. The lowest BCUT2D eigenvalue weighted by Gasteiger charge is -2.37. The van der Waals surface area contributed by atoms with Crippen LogP contribution >= 0.6 is 0 Å². The minimum absolute atomic E-state index is 0.00737. The molecule has 37 heavy (non-hydrogen) atoms. The standard InChI is InChI=1S/C28H26FN3O5/c1-36-22-10-5-11-23(37-2)25(22)27(34)31-14-12-30(13-15-31)21-9-4-8-20-24(21)28(35)32(26(20)33)17-18-6-3-7-19(29)16-18/h3-11,16H,12-15,17H2,1-2H3. The minimum Gasteiger partial charge on any atom is -0.496 e. The van der Waals surface area contributed by atoms with Crippen LogP contribution in [-0.2, 0) is 6.54 Å². The molecule has 0 spiro atoms. The van der Waals surface area contributed by atoms with Crippen molar-refractivity contribution in [2.24, 2.45) is 0 Å². The second-order valence-electron chi connectivity index (χ2n) is 8.84. The van der Waals surface area contributed by atoms with Crippen LogP contribution in [0.15, 0.2) is 60.7 Å². The van der Waals surface area contributed by atoms with Gasteiger partial charge in [0.1, 0.15) is 22.9 Å². The number of halogens is 1. The van der Waals surface area contributed by atoms with E-state index in [1.165, 1.54) is 26.4 Å². The van der Waals surface area contributed by atoms with Gasteiger partial charge in [0.2, 0.25) is 0 Å². The number of fused-ring (bicyclic) bond motifs is 1. The molecule has 5 rings (SSSR count). The van der Waals surface area contributed by atoms with Gasteiger partial charge in [-0.3, -0.25) is 19.3 Å². The Morgan fingerprint density at radius 3 is 2.16 bits per heavy atom. The zero-order chi connectivity index (χ0) is 26.1. The van der Waals surface area contributed by atoms with Crippen LogP contribution in [-0.4, -0.2) is 67.9 Å². The van der Waals surface area contributed by atoms with Crippen molar-refractivity contribution < 1.29 is 28.2 Å². The molecule has 0 unspecified atom stereocenters. The SMILES string of the molecule is COc1cccc(OC)c1C(=O)N1CCN(c2cccc3c2C(=O)N(Cc2cccc(F)c2)C3=O)CC1. The quantitative estimate of drug-likeness (QED) is 0.479. The number of hydrogen-bond donors (Lipinski definition) is 0. The molecule has 1 saturated heterocycles. The molecule has 1 fully saturated rings. The molecule has 0 aliphatic carbocycles. The summed E-state index contributed by atoms with van der Waals surface area (Å²) < 4.78 is 24.4. The summed E-state index contributed by atoms with van der Waals surface area (Å²) in [6.07, 6.45) is 0. The van der Waals surface area contributed by atoms with E-state index in [4.69, 9.17) is 9.47 Å². The van der Waals surface area contributed by atoms with Gasteiger partial charge in [-0.05, 0) is 42.0 Å². The summed E-state index contributed by atoms with van der Waals surface area (Å²) in [5.41, 5.74) is 2.23. The highest BCUT2D eigenvalue weighted by atomic mass is 19.1. The fourth-order valence-corrected chi connectivity index (χ4v) is 4.91. The van der Waals surface area contributed by atoms with Gasteiger partial charge < -0.3 is 19.3 Å². The van der Waals surface area contributed by atoms with Gasteiger partial charge in [-0.2, -0.15) is 0 Å². The average Bonchev–Trinajstić information content (AvgIpc) is 3.17. The van der Waals surface area contributed by atoms with Crippen molar-refractivity contribution in [1.29, 1.82) is 0 Å². The predicted molar refractivity (Wildman–Crippen MR) is 135 cm³/mol. The van der Waals surface area contributed by atoms with Crippen LogP contribution in [0.3, 0.4) is 0 Å². The first-order chi connectivity index (χ1) is 17.9. The summed E-state index contributed by atoms with van der Waals surface area (Å²) in [5, 5.41) is 0. The van der Waals surface area contributed by atoms with E-state index in [9.17, 15) is 18.8 Å². The summed E-state index contributed by atoms with van der Waals surface area (Å²) >= 11 is 0. The molecule has 0 aromatic heterocycles. The first kappa shape index (κ1) is 24.3. The Bertz CT molecular complexity index is 1360. The summed E-state index contributed by atoms with van der Waals surface area (Å²) in [7, 11) is 3.02. The van der Waals surface area contributed by atoms with Gasteiger partial charge in [0.15, 0.2) is 0 Å². The van der Waals surface area contributed by atoms with E-state index in [2.05, 4.69) is 0 Å². The molecule has 0 saturated carbocycles. The maximum absolute atomic E-state index is 13.6. The fraction of sp³-hybridized carbons (Fsp3) is 0.250. The number of piperazine rings is 1. The maximum Gasteiger partial charge on any atom is 0.263 e. The Morgan fingerprint density at radius 2 is 1.51 bits per heavy atom. The van der Waals surface area contributed by atoms with Gasteiger partial charge in [-0.15, -0.1) is 0 Å². The summed E-state index contributed by atoms with van der Waals surface area (Å²) in [6, 6.07) is 16.3. The lowest BCUT2D eigenvalue weighted by Crippen LogP contribution is -2.49. The van der Waals surface area contributed by atoms with Crippen molar-refractivity contribution in [3.05, 3.63) is 88.7 Å². The zero-order valence-corrected chi connectivity index (χ0v) is 20.6. The third-order valence-corrected chi connectivity index (χ3v) is 6.76. The normalized spacial score (nSPS) is 15.2. The van der Waals surface area contributed by atoms with E-state index >= 15 is 0 Å². The van der Waals surface area contributed by atoms with Crippen molar-refractivity contribution in [2.45, 2.75) is 6.54 Å². The lowest BCUT2D eigenvalue weighted by atomic mass is 10.1. The lowest BCUT2D eigenvalue weighted by molar-refractivity contribution is 0.0640.